The molecule has 1 unspecified atom stereocenters. The van der Waals surface area contributed by atoms with Crippen molar-refractivity contribution in [1.29, 1.82) is 0 Å². The number of guanidine groups is 2. The Morgan fingerprint density at radius 2 is 1.43 bits per heavy atom. The number of rotatable bonds is 2. The van der Waals surface area contributed by atoms with Gasteiger partial charge >= 0.3 is 0 Å². The first-order chi connectivity index (χ1) is 14.6. The van der Waals surface area contributed by atoms with E-state index in [0.29, 0.717) is 11.5 Å². The number of benzene rings is 3. The van der Waals surface area contributed by atoms with Crippen LogP contribution < -0.4 is 20.9 Å². The van der Waals surface area contributed by atoms with Crippen molar-refractivity contribution in [2.24, 2.45) is 15.7 Å². The number of nitrogens with one attached hydrogen (secondary N) is 1. The number of anilines is 3. The minimum Gasteiger partial charge on any atom is -0.370 e. The van der Waals surface area contributed by atoms with E-state index in [-0.39, 0.29) is 11.9 Å². The van der Waals surface area contributed by atoms with Gasteiger partial charge < -0.3 is 10.6 Å². The average Bonchev–Trinajstić information content (AvgIpc) is 2.97. The number of hydrogen-bond donors (Lipinski definition) is 2. The lowest BCUT2D eigenvalue weighted by Gasteiger charge is -2.32. The van der Waals surface area contributed by atoms with E-state index < -0.39 is 5.66 Å². The Hall–Kier alpha value is -4.13. The minimum absolute atomic E-state index is 0.135. The monoisotopic (exact) mass is 396 g/mol. The number of nitrogens with two attached hydrogens (primary N) is 1. The molecule has 7 heteroatoms. The summed E-state index contributed by atoms with van der Waals surface area (Å²) in [5.41, 5.74) is 8.00. The first-order valence-electron chi connectivity index (χ1n) is 9.60. The van der Waals surface area contributed by atoms with Crippen molar-refractivity contribution in [3.05, 3.63) is 90.5 Å². The van der Waals surface area contributed by atoms with Crippen molar-refractivity contribution in [2.45, 2.75) is 5.66 Å². The summed E-state index contributed by atoms with van der Waals surface area (Å²) < 4.78 is 0. The van der Waals surface area contributed by atoms with Crippen LogP contribution in [0, 0.1) is 0 Å². The lowest BCUT2D eigenvalue weighted by atomic mass is 10.0. The molecule has 2 aliphatic rings. The second kappa shape index (κ2) is 6.73. The summed E-state index contributed by atoms with van der Waals surface area (Å²) in [5.74, 6) is 0.320. The van der Waals surface area contributed by atoms with Crippen LogP contribution in [0.4, 0.5) is 17.1 Å². The van der Waals surface area contributed by atoms with Gasteiger partial charge in [-0.2, -0.15) is 0 Å². The van der Waals surface area contributed by atoms with Crippen molar-refractivity contribution in [3.63, 3.8) is 0 Å². The molecule has 3 aromatic carbocycles. The largest absolute Gasteiger partial charge is 0.370 e. The van der Waals surface area contributed by atoms with Crippen LogP contribution in [-0.4, -0.2) is 24.9 Å². The van der Waals surface area contributed by atoms with E-state index >= 15 is 0 Å². The van der Waals surface area contributed by atoms with Gasteiger partial charge in [0.15, 0.2) is 5.96 Å². The maximum atomic E-state index is 13.3. The molecule has 1 amide bonds. The lowest BCUT2D eigenvalue weighted by Crippen LogP contribution is -2.53. The lowest BCUT2D eigenvalue weighted by molar-refractivity contribution is -0.122. The zero-order valence-electron chi connectivity index (χ0n) is 16.4. The summed E-state index contributed by atoms with van der Waals surface area (Å²) in [4.78, 5) is 26.2. The van der Waals surface area contributed by atoms with Gasteiger partial charge in [-0.25, -0.2) is 9.98 Å². The van der Waals surface area contributed by atoms with E-state index in [4.69, 9.17) is 10.7 Å². The minimum atomic E-state index is -1.45. The summed E-state index contributed by atoms with van der Waals surface area (Å²) in [6, 6.07) is 27.1. The summed E-state index contributed by atoms with van der Waals surface area (Å²) in [6.45, 7) is 0. The average molecular weight is 396 g/mol. The Morgan fingerprint density at radius 3 is 2.07 bits per heavy atom. The van der Waals surface area contributed by atoms with Crippen molar-refractivity contribution in [2.75, 3.05) is 16.8 Å². The van der Waals surface area contributed by atoms with Gasteiger partial charge in [-0.1, -0.05) is 54.6 Å². The molecule has 7 nitrogen and oxygen atoms in total. The predicted octanol–water partition coefficient (Wildman–Crippen LogP) is 2.93. The van der Waals surface area contributed by atoms with Crippen LogP contribution in [0.15, 0.2) is 94.9 Å². The normalized spacial score (nSPS) is 19.8. The van der Waals surface area contributed by atoms with Crippen LogP contribution >= 0.6 is 0 Å². The standard InChI is InChI=1S/C23H20N6O/c1-28-19-15-9-8-14-18(19)23(20(28)30)26-21(24)25-22(27-23)29(16-10-4-2-5-11-16)17-12-6-3-7-13-17/h2-15H,1H3,(H3,24,25,26,27). The molecule has 30 heavy (non-hydrogen) atoms. The molecule has 5 rings (SSSR count). The SMILES string of the molecule is CN1C(=O)C2(N=C(N)NC(N(c3ccccc3)c3ccccc3)=N2)c2ccccc21. The Bertz CT molecular complexity index is 1140. The molecule has 1 spiro atoms. The van der Waals surface area contributed by atoms with E-state index in [9.17, 15) is 4.79 Å². The van der Waals surface area contributed by atoms with Crippen molar-refractivity contribution in [3.8, 4) is 0 Å². The van der Waals surface area contributed by atoms with E-state index in [1.165, 1.54) is 0 Å². The number of likely N-dealkylation sites (N-methyl/N-ethyl adjacent to an activating group) is 1. The smallest absolute Gasteiger partial charge is 0.282 e. The number of para-hydroxylation sites is 3. The van der Waals surface area contributed by atoms with Gasteiger partial charge in [0, 0.05) is 24.0 Å². The Labute approximate surface area is 174 Å². The highest BCUT2D eigenvalue weighted by Crippen LogP contribution is 2.44. The highest BCUT2D eigenvalue weighted by atomic mass is 16.2. The molecule has 2 aliphatic heterocycles. The van der Waals surface area contributed by atoms with Gasteiger partial charge in [0.2, 0.25) is 5.96 Å². The van der Waals surface area contributed by atoms with Gasteiger partial charge in [0.1, 0.15) is 0 Å². The van der Waals surface area contributed by atoms with Crippen molar-refractivity contribution < 1.29 is 4.79 Å². The number of fused-ring (bicyclic) bond motifs is 2. The number of carbonyl (C=O) groups is 1. The molecule has 0 fully saturated rings. The molecule has 3 aromatic rings. The quantitative estimate of drug-likeness (QED) is 0.697. The molecule has 148 valence electrons. The zero-order valence-corrected chi connectivity index (χ0v) is 16.4. The van der Waals surface area contributed by atoms with Crippen LogP contribution in [0.2, 0.25) is 0 Å². The second-order valence-electron chi connectivity index (χ2n) is 7.12. The molecular formula is C23H20N6O. The van der Waals surface area contributed by atoms with Crippen LogP contribution in [-0.2, 0) is 10.5 Å². The Kier molecular flexibility index (Phi) is 4.03. The third-order valence-electron chi connectivity index (χ3n) is 5.27. The molecule has 1 atom stereocenters. The molecule has 0 aliphatic carbocycles. The number of hydrogen-bond acceptors (Lipinski definition) is 6. The molecule has 0 saturated heterocycles. The van der Waals surface area contributed by atoms with E-state index in [1.54, 1.807) is 11.9 Å². The molecule has 0 bridgehead atoms. The van der Waals surface area contributed by atoms with E-state index in [1.807, 2.05) is 89.8 Å². The summed E-state index contributed by atoms with van der Waals surface area (Å²) >= 11 is 0. The van der Waals surface area contributed by atoms with Crippen LogP contribution in [0.25, 0.3) is 0 Å². The first kappa shape index (κ1) is 17.9. The highest BCUT2D eigenvalue weighted by Gasteiger charge is 2.52. The van der Waals surface area contributed by atoms with Crippen molar-refractivity contribution >= 4 is 34.9 Å². The van der Waals surface area contributed by atoms with Gasteiger partial charge in [-0.3, -0.25) is 15.0 Å². The summed E-state index contributed by atoms with van der Waals surface area (Å²) in [6.07, 6.45) is 0. The third-order valence-corrected chi connectivity index (χ3v) is 5.27. The number of nitrogens with zero attached hydrogens (tertiary/aromatic N) is 4. The molecule has 0 saturated carbocycles. The first-order valence-corrected chi connectivity index (χ1v) is 9.60. The van der Waals surface area contributed by atoms with Gasteiger partial charge in [-0.05, 0) is 30.3 Å². The predicted molar refractivity (Wildman–Crippen MR) is 119 cm³/mol. The number of amides is 1. The summed E-state index contributed by atoms with van der Waals surface area (Å²) in [5, 5.41) is 3.06. The molecule has 0 radical (unpaired) electrons. The van der Waals surface area contributed by atoms with Gasteiger partial charge in [0.25, 0.3) is 11.6 Å². The fraction of sp³-hybridized carbons (Fsp3) is 0.0870. The maximum absolute atomic E-state index is 13.3. The fourth-order valence-electron chi connectivity index (χ4n) is 3.91. The Balaban J connectivity index is 1.72. The topological polar surface area (TPSA) is 86.3 Å². The fourth-order valence-corrected chi connectivity index (χ4v) is 3.91. The molecular weight excluding hydrogens is 376 g/mol. The summed E-state index contributed by atoms with van der Waals surface area (Å²) in [7, 11) is 1.73. The van der Waals surface area contributed by atoms with Crippen molar-refractivity contribution in [1.82, 2.24) is 5.32 Å². The van der Waals surface area contributed by atoms with Crippen LogP contribution in [0.5, 0.6) is 0 Å². The molecule has 2 heterocycles. The van der Waals surface area contributed by atoms with E-state index in [0.717, 1.165) is 17.1 Å². The van der Waals surface area contributed by atoms with Gasteiger partial charge in [-0.15, -0.1) is 0 Å². The van der Waals surface area contributed by atoms with Gasteiger partial charge in [0.05, 0.1) is 5.69 Å². The molecule has 3 N–H and O–H groups in total. The molecule has 0 aromatic heterocycles. The second-order valence-corrected chi connectivity index (χ2v) is 7.12. The number of aliphatic imine (C=N–C) groups is 2. The number of carbonyl (C=O) groups excluding carboxylic acids is 1. The Morgan fingerprint density at radius 1 is 0.867 bits per heavy atom. The van der Waals surface area contributed by atoms with Crippen LogP contribution in [0.3, 0.4) is 0 Å². The van der Waals surface area contributed by atoms with E-state index in [2.05, 4.69) is 10.3 Å². The maximum Gasteiger partial charge on any atom is 0.282 e. The van der Waals surface area contributed by atoms with Crippen LogP contribution in [0.1, 0.15) is 5.56 Å². The highest BCUT2D eigenvalue weighted by molar-refractivity contribution is 6.16. The zero-order chi connectivity index (χ0) is 20.7. The third kappa shape index (κ3) is 2.63.